The molecule has 0 aliphatic heterocycles. The number of anilines is 2. The first-order valence-electron chi connectivity index (χ1n) is 8.66. The summed E-state index contributed by atoms with van der Waals surface area (Å²) < 4.78 is 10.6. The van der Waals surface area contributed by atoms with Crippen LogP contribution < -0.4 is 10.2 Å². The summed E-state index contributed by atoms with van der Waals surface area (Å²) in [5.41, 5.74) is -0.394. The monoisotopic (exact) mass is 365 g/mol. The molecule has 1 aromatic rings. The van der Waals surface area contributed by atoms with Crippen molar-refractivity contribution in [3.8, 4) is 0 Å². The molecule has 26 heavy (non-hydrogen) atoms. The number of rotatable bonds is 5. The van der Waals surface area contributed by atoms with Crippen LogP contribution in [0.4, 0.5) is 16.4 Å². The fourth-order valence-electron chi connectivity index (χ4n) is 2.07. The van der Waals surface area contributed by atoms with E-state index in [-0.39, 0.29) is 12.4 Å². The number of pyridine rings is 1. The maximum Gasteiger partial charge on any atom is 0.413 e. The highest BCUT2D eigenvalue weighted by Crippen LogP contribution is 2.21. The van der Waals surface area contributed by atoms with Crippen molar-refractivity contribution in [2.75, 3.05) is 24.3 Å². The Morgan fingerprint density at radius 3 is 2.12 bits per heavy atom. The molecule has 1 N–H and O–H groups in total. The fraction of sp³-hybridized carbons (Fsp3) is 0.632. The molecule has 0 atom stereocenters. The summed E-state index contributed by atoms with van der Waals surface area (Å²) in [7, 11) is 3.72. The highest BCUT2D eigenvalue weighted by Gasteiger charge is 2.20. The molecular weight excluding hydrogens is 334 g/mol. The van der Waals surface area contributed by atoms with Crippen molar-refractivity contribution in [1.29, 1.82) is 0 Å². The van der Waals surface area contributed by atoms with Gasteiger partial charge in [0.2, 0.25) is 0 Å². The van der Waals surface area contributed by atoms with E-state index < -0.39 is 17.3 Å². The number of amides is 1. The molecular formula is C19H31N3O4. The van der Waals surface area contributed by atoms with Crippen LogP contribution in [0.3, 0.4) is 0 Å². The molecule has 1 heterocycles. The number of aromatic nitrogens is 1. The lowest BCUT2D eigenvalue weighted by atomic mass is 10.1. The largest absolute Gasteiger partial charge is 0.460 e. The van der Waals surface area contributed by atoms with Gasteiger partial charge in [-0.1, -0.05) is 6.07 Å². The van der Waals surface area contributed by atoms with Gasteiger partial charge in [0.1, 0.15) is 22.8 Å². The summed E-state index contributed by atoms with van der Waals surface area (Å²) >= 11 is 0. The summed E-state index contributed by atoms with van der Waals surface area (Å²) in [5, 5.41) is 2.68. The van der Waals surface area contributed by atoms with Crippen molar-refractivity contribution in [2.45, 2.75) is 65.6 Å². The lowest BCUT2D eigenvalue weighted by Crippen LogP contribution is -2.28. The van der Waals surface area contributed by atoms with E-state index in [1.54, 1.807) is 20.8 Å². The first-order valence-corrected chi connectivity index (χ1v) is 8.66. The van der Waals surface area contributed by atoms with E-state index >= 15 is 0 Å². The number of nitrogens with zero attached hydrogens (tertiary/aromatic N) is 2. The topological polar surface area (TPSA) is 80.8 Å². The Hall–Kier alpha value is -2.31. The number of hydrogen-bond acceptors (Lipinski definition) is 6. The van der Waals surface area contributed by atoms with Gasteiger partial charge in [0.05, 0.1) is 0 Å². The summed E-state index contributed by atoms with van der Waals surface area (Å²) in [6.45, 7) is 10.9. The van der Waals surface area contributed by atoms with Crippen LogP contribution in [-0.4, -0.2) is 42.3 Å². The maximum absolute atomic E-state index is 12.1. The van der Waals surface area contributed by atoms with Gasteiger partial charge in [-0.15, -0.1) is 0 Å². The predicted molar refractivity (Wildman–Crippen MR) is 103 cm³/mol. The van der Waals surface area contributed by atoms with Gasteiger partial charge < -0.3 is 14.4 Å². The highest BCUT2D eigenvalue weighted by molar-refractivity contribution is 5.85. The van der Waals surface area contributed by atoms with Crippen LogP contribution in [0.15, 0.2) is 12.1 Å². The quantitative estimate of drug-likeness (QED) is 0.800. The van der Waals surface area contributed by atoms with Crippen LogP contribution >= 0.6 is 0 Å². The van der Waals surface area contributed by atoms with Gasteiger partial charge in [-0.3, -0.25) is 10.1 Å². The van der Waals surface area contributed by atoms with Crippen LogP contribution in [0.1, 0.15) is 53.5 Å². The van der Waals surface area contributed by atoms with Gasteiger partial charge >= 0.3 is 12.1 Å². The van der Waals surface area contributed by atoms with E-state index in [9.17, 15) is 9.59 Å². The third kappa shape index (κ3) is 8.18. The SMILES string of the molecule is CN(C)c1ccc(CCC(=O)OC(C)(C)C)c(NC(=O)OC(C)(C)C)n1. The van der Waals surface area contributed by atoms with Crippen LogP contribution in [0.25, 0.3) is 0 Å². The van der Waals surface area contributed by atoms with Crippen molar-refractivity contribution in [3.05, 3.63) is 17.7 Å². The van der Waals surface area contributed by atoms with Crippen molar-refractivity contribution >= 4 is 23.7 Å². The van der Waals surface area contributed by atoms with E-state index in [1.807, 2.05) is 51.9 Å². The second-order valence-corrected chi connectivity index (χ2v) is 8.28. The summed E-state index contributed by atoms with van der Waals surface area (Å²) in [6, 6.07) is 3.68. The second kappa shape index (κ2) is 8.38. The molecule has 1 amide bonds. The Bertz CT molecular complexity index is 643. The van der Waals surface area contributed by atoms with Crippen LogP contribution in [0, 0.1) is 0 Å². The zero-order chi connectivity index (χ0) is 20.1. The lowest BCUT2D eigenvalue weighted by Gasteiger charge is -2.21. The summed E-state index contributed by atoms with van der Waals surface area (Å²) in [6.07, 6.45) is 0.0173. The van der Waals surface area contributed by atoms with Gasteiger partial charge in [0.25, 0.3) is 0 Å². The van der Waals surface area contributed by atoms with E-state index in [2.05, 4.69) is 10.3 Å². The average molecular weight is 365 g/mol. The molecule has 0 saturated heterocycles. The van der Waals surface area contributed by atoms with Gasteiger partial charge in [0.15, 0.2) is 0 Å². The van der Waals surface area contributed by atoms with Crippen LogP contribution in [0.5, 0.6) is 0 Å². The van der Waals surface area contributed by atoms with Crippen LogP contribution in [-0.2, 0) is 20.7 Å². The average Bonchev–Trinajstić information content (AvgIpc) is 2.41. The van der Waals surface area contributed by atoms with Crippen molar-refractivity contribution in [2.24, 2.45) is 0 Å². The fourth-order valence-corrected chi connectivity index (χ4v) is 2.07. The molecule has 1 aromatic heterocycles. The zero-order valence-corrected chi connectivity index (χ0v) is 17.1. The van der Waals surface area contributed by atoms with E-state index in [0.717, 1.165) is 5.56 Å². The smallest absolute Gasteiger partial charge is 0.413 e. The second-order valence-electron chi connectivity index (χ2n) is 8.28. The van der Waals surface area contributed by atoms with Crippen molar-refractivity contribution < 1.29 is 19.1 Å². The van der Waals surface area contributed by atoms with E-state index in [4.69, 9.17) is 9.47 Å². The minimum atomic E-state index is -0.611. The molecule has 0 aromatic carbocycles. The molecule has 0 unspecified atom stereocenters. The third-order valence-corrected chi connectivity index (χ3v) is 3.06. The zero-order valence-electron chi connectivity index (χ0n) is 17.1. The predicted octanol–water partition coefficient (Wildman–Crippen LogP) is 3.77. The van der Waals surface area contributed by atoms with Gasteiger partial charge in [-0.25, -0.2) is 9.78 Å². The molecule has 0 bridgehead atoms. The molecule has 1 rings (SSSR count). The minimum absolute atomic E-state index is 0.198. The first kappa shape index (κ1) is 21.7. The van der Waals surface area contributed by atoms with Gasteiger partial charge in [0, 0.05) is 20.5 Å². The van der Waals surface area contributed by atoms with Gasteiger partial charge in [-0.05, 0) is 59.6 Å². The number of carbonyl (C=O) groups excluding carboxylic acids is 2. The highest BCUT2D eigenvalue weighted by atomic mass is 16.6. The van der Waals surface area contributed by atoms with Crippen molar-refractivity contribution in [1.82, 2.24) is 4.98 Å². The van der Waals surface area contributed by atoms with Gasteiger partial charge in [-0.2, -0.15) is 0 Å². The Morgan fingerprint density at radius 1 is 1.04 bits per heavy atom. The summed E-state index contributed by atoms with van der Waals surface area (Å²) in [4.78, 5) is 30.4. The number of aryl methyl sites for hydroxylation is 1. The number of carbonyl (C=O) groups is 2. The molecule has 146 valence electrons. The lowest BCUT2D eigenvalue weighted by molar-refractivity contribution is -0.154. The van der Waals surface area contributed by atoms with E-state index in [1.165, 1.54) is 0 Å². The maximum atomic E-state index is 12.1. The molecule has 0 fully saturated rings. The molecule has 7 heteroatoms. The number of ether oxygens (including phenoxy) is 2. The Kier molecular flexibility index (Phi) is 7.00. The molecule has 0 saturated carbocycles. The molecule has 0 spiro atoms. The molecule has 0 aliphatic rings. The number of hydrogen-bond donors (Lipinski definition) is 1. The molecule has 7 nitrogen and oxygen atoms in total. The van der Waals surface area contributed by atoms with Crippen molar-refractivity contribution in [3.63, 3.8) is 0 Å². The Labute approximate surface area is 156 Å². The van der Waals surface area contributed by atoms with E-state index in [0.29, 0.717) is 18.1 Å². The summed E-state index contributed by atoms with van der Waals surface area (Å²) in [5.74, 6) is 0.781. The number of esters is 1. The normalized spacial score (nSPS) is 11.7. The third-order valence-electron chi connectivity index (χ3n) is 3.06. The minimum Gasteiger partial charge on any atom is -0.460 e. The standard InChI is InChI=1S/C19H31N3O4/c1-18(2,3)25-15(23)12-10-13-9-11-14(22(7)8)20-16(13)21-17(24)26-19(4,5)6/h9,11H,10,12H2,1-8H3,(H,20,21,24). The first-order chi connectivity index (χ1) is 11.8. The molecule has 0 aliphatic carbocycles. The molecule has 0 radical (unpaired) electrons. The van der Waals surface area contributed by atoms with Crippen LogP contribution in [0.2, 0.25) is 0 Å². The Morgan fingerprint density at radius 2 is 1.62 bits per heavy atom. The Balaban J connectivity index is 2.93. The number of nitrogens with one attached hydrogen (secondary N) is 1.